The second-order valence-electron chi connectivity index (χ2n) is 6.08. The summed E-state index contributed by atoms with van der Waals surface area (Å²) in [5, 5.41) is 9.62. The van der Waals surface area contributed by atoms with Crippen molar-refractivity contribution in [3.05, 3.63) is 23.8 Å². The van der Waals surface area contributed by atoms with E-state index in [1.165, 1.54) is 7.11 Å². The van der Waals surface area contributed by atoms with Gasteiger partial charge in [0.05, 0.1) is 24.3 Å². The predicted octanol–water partition coefficient (Wildman–Crippen LogP) is 2.03. The van der Waals surface area contributed by atoms with Gasteiger partial charge in [0.25, 0.3) is 0 Å². The fourth-order valence-corrected chi connectivity index (χ4v) is 2.09. The predicted molar refractivity (Wildman–Crippen MR) is 77.7 cm³/mol. The van der Waals surface area contributed by atoms with E-state index in [2.05, 4.69) is 0 Å². The topological polar surface area (TPSA) is 73.9 Å². The lowest BCUT2D eigenvalue weighted by molar-refractivity contribution is 0.00578. The van der Waals surface area contributed by atoms with Crippen LogP contribution in [0.15, 0.2) is 18.2 Å². The lowest BCUT2D eigenvalue weighted by atomic mass is 9.75. The molecule has 1 heterocycles. The Morgan fingerprint density at radius 2 is 1.75 bits per heavy atom. The van der Waals surface area contributed by atoms with Gasteiger partial charge in [0.2, 0.25) is 0 Å². The van der Waals surface area contributed by atoms with Crippen LogP contribution in [-0.4, -0.2) is 30.5 Å². The van der Waals surface area contributed by atoms with Crippen LogP contribution in [0.2, 0.25) is 0 Å². The number of phenols is 1. The molecule has 1 unspecified atom stereocenters. The van der Waals surface area contributed by atoms with Crippen LogP contribution in [0.3, 0.4) is 0 Å². The van der Waals surface area contributed by atoms with Gasteiger partial charge in [-0.05, 0) is 45.4 Å². The van der Waals surface area contributed by atoms with Crippen molar-refractivity contribution in [2.45, 2.75) is 44.8 Å². The highest BCUT2D eigenvalue weighted by Crippen LogP contribution is 2.40. The van der Waals surface area contributed by atoms with Gasteiger partial charge < -0.3 is 24.9 Å². The molecule has 110 valence electrons. The molecular formula is C14H22BNO4. The first kappa shape index (κ1) is 15.2. The van der Waals surface area contributed by atoms with E-state index in [0.29, 0.717) is 5.75 Å². The summed E-state index contributed by atoms with van der Waals surface area (Å²) in [4.78, 5) is 0. The number of nitrogens with two attached hydrogens (primary N) is 1. The summed E-state index contributed by atoms with van der Waals surface area (Å²) in [7, 11) is 0.966. The molecule has 1 saturated heterocycles. The number of methoxy groups -OCH3 is 1. The normalized spacial score (nSPS) is 21.8. The minimum atomic E-state index is -0.533. The molecule has 1 aliphatic rings. The lowest BCUT2D eigenvalue weighted by Crippen LogP contribution is -2.41. The summed E-state index contributed by atoms with van der Waals surface area (Å²) in [5.74, 6) is 0.0115. The van der Waals surface area contributed by atoms with Crippen molar-refractivity contribution in [1.29, 1.82) is 0 Å². The maximum absolute atomic E-state index is 9.62. The molecule has 5 nitrogen and oxygen atoms in total. The van der Waals surface area contributed by atoms with Crippen LogP contribution in [0.25, 0.3) is 0 Å². The molecule has 20 heavy (non-hydrogen) atoms. The summed E-state index contributed by atoms with van der Waals surface area (Å²) in [6.07, 6.45) is 0. The van der Waals surface area contributed by atoms with E-state index in [9.17, 15) is 5.11 Å². The fourth-order valence-electron chi connectivity index (χ4n) is 2.09. The van der Waals surface area contributed by atoms with Crippen molar-refractivity contribution in [3.63, 3.8) is 0 Å². The van der Waals surface area contributed by atoms with E-state index in [-0.39, 0.29) is 5.75 Å². The zero-order chi connectivity index (χ0) is 15.1. The van der Waals surface area contributed by atoms with Gasteiger partial charge in [0.1, 0.15) is 0 Å². The van der Waals surface area contributed by atoms with Crippen molar-refractivity contribution < 1.29 is 19.2 Å². The highest BCUT2D eigenvalue weighted by Gasteiger charge is 2.53. The standard InChI is InChI=1S/C14H22BNO4/c1-13(2)14(3,4)20-15(19-13)12(16)9-6-7-10(17)11(8-9)18-5/h6-8,12,17H,16H2,1-5H3. The van der Waals surface area contributed by atoms with Gasteiger partial charge in [-0.1, -0.05) is 6.07 Å². The van der Waals surface area contributed by atoms with Crippen molar-refractivity contribution in [3.8, 4) is 11.5 Å². The number of phenolic OH excluding ortho intramolecular Hbond substituents is 1. The van der Waals surface area contributed by atoms with Crippen molar-refractivity contribution in [1.82, 2.24) is 0 Å². The van der Waals surface area contributed by atoms with Crippen molar-refractivity contribution in [2.75, 3.05) is 7.11 Å². The molecule has 0 radical (unpaired) electrons. The van der Waals surface area contributed by atoms with Crippen LogP contribution in [0.1, 0.15) is 39.2 Å². The quantitative estimate of drug-likeness (QED) is 0.828. The molecule has 1 aliphatic heterocycles. The van der Waals surface area contributed by atoms with Gasteiger partial charge in [-0.25, -0.2) is 0 Å². The Balaban J connectivity index is 2.23. The number of ether oxygens (including phenoxy) is 1. The second-order valence-corrected chi connectivity index (χ2v) is 6.08. The van der Waals surface area contributed by atoms with Gasteiger partial charge in [-0.15, -0.1) is 0 Å². The fraction of sp³-hybridized carbons (Fsp3) is 0.571. The first-order valence-corrected chi connectivity index (χ1v) is 6.66. The molecule has 0 bridgehead atoms. The second kappa shape index (κ2) is 4.95. The number of aromatic hydroxyl groups is 1. The molecule has 2 rings (SSSR count). The van der Waals surface area contributed by atoms with Crippen LogP contribution < -0.4 is 10.5 Å². The Kier molecular flexibility index (Phi) is 3.75. The van der Waals surface area contributed by atoms with Crippen LogP contribution >= 0.6 is 0 Å². The SMILES string of the molecule is COc1cc(C(N)B2OC(C)(C)C(C)(C)O2)ccc1O. The van der Waals surface area contributed by atoms with Gasteiger partial charge in [-0.3, -0.25) is 0 Å². The van der Waals surface area contributed by atoms with Crippen LogP contribution in [0, 0.1) is 0 Å². The van der Waals surface area contributed by atoms with Gasteiger partial charge >= 0.3 is 7.12 Å². The molecule has 3 N–H and O–H groups in total. The largest absolute Gasteiger partial charge is 0.504 e. The lowest BCUT2D eigenvalue weighted by Gasteiger charge is -2.32. The minimum absolute atomic E-state index is 0.0809. The summed E-state index contributed by atoms with van der Waals surface area (Å²) >= 11 is 0. The van der Waals surface area contributed by atoms with Crippen molar-refractivity contribution in [2.24, 2.45) is 5.73 Å². The van der Waals surface area contributed by atoms with E-state index < -0.39 is 24.3 Å². The van der Waals surface area contributed by atoms with E-state index in [1.807, 2.05) is 27.7 Å². The Labute approximate surface area is 120 Å². The Morgan fingerprint density at radius 3 is 2.25 bits per heavy atom. The molecule has 1 aromatic carbocycles. The van der Waals surface area contributed by atoms with E-state index in [4.69, 9.17) is 19.8 Å². The number of hydrogen-bond donors (Lipinski definition) is 2. The maximum Gasteiger partial charge on any atom is 0.480 e. The van der Waals surface area contributed by atoms with Gasteiger partial charge in [-0.2, -0.15) is 0 Å². The summed E-state index contributed by atoms with van der Waals surface area (Å²) in [6.45, 7) is 7.93. The third kappa shape index (κ3) is 2.51. The number of benzene rings is 1. The average molecular weight is 279 g/mol. The van der Waals surface area contributed by atoms with Crippen LogP contribution in [0.5, 0.6) is 11.5 Å². The first-order chi connectivity index (χ1) is 9.18. The smallest absolute Gasteiger partial charge is 0.480 e. The monoisotopic (exact) mass is 279 g/mol. The highest BCUT2D eigenvalue weighted by atomic mass is 16.7. The Hall–Kier alpha value is -1.24. The van der Waals surface area contributed by atoms with E-state index in [0.717, 1.165) is 5.56 Å². The molecule has 0 aliphatic carbocycles. The Morgan fingerprint density at radius 1 is 1.20 bits per heavy atom. The molecule has 0 aromatic heterocycles. The van der Waals surface area contributed by atoms with Crippen molar-refractivity contribution >= 4 is 7.12 Å². The summed E-state index contributed by atoms with van der Waals surface area (Å²) in [6, 6.07) is 5.00. The molecular weight excluding hydrogens is 257 g/mol. The third-order valence-corrected chi connectivity index (χ3v) is 4.15. The van der Waals surface area contributed by atoms with Crippen LogP contribution in [-0.2, 0) is 9.31 Å². The molecule has 1 fully saturated rings. The Bertz CT molecular complexity index is 488. The third-order valence-electron chi connectivity index (χ3n) is 4.15. The molecule has 0 saturated carbocycles. The molecule has 6 heteroatoms. The first-order valence-electron chi connectivity index (χ1n) is 6.66. The molecule has 0 amide bonds. The molecule has 0 spiro atoms. The highest BCUT2D eigenvalue weighted by molar-refractivity contribution is 6.47. The van der Waals surface area contributed by atoms with Crippen LogP contribution in [0.4, 0.5) is 0 Å². The maximum atomic E-state index is 9.62. The average Bonchev–Trinajstić information content (AvgIpc) is 2.58. The number of hydrogen-bond acceptors (Lipinski definition) is 5. The zero-order valence-corrected chi connectivity index (χ0v) is 12.6. The van der Waals surface area contributed by atoms with Gasteiger partial charge in [0.15, 0.2) is 11.5 Å². The molecule has 1 aromatic rings. The number of rotatable bonds is 3. The van der Waals surface area contributed by atoms with E-state index >= 15 is 0 Å². The van der Waals surface area contributed by atoms with Gasteiger partial charge in [0, 0.05) is 0 Å². The minimum Gasteiger partial charge on any atom is -0.504 e. The van der Waals surface area contributed by atoms with E-state index in [1.54, 1.807) is 18.2 Å². The summed E-state index contributed by atoms with van der Waals surface area (Å²) < 4.78 is 17.0. The zero-order valence-electron chi connectivity index (χ0n) is 12.6. The summed E-state index contributed by atoms with van der Waals surface area (Å²) in [5.41, 5.74) is 6.18. The molecule has 1 atom stereocenters.